The van der Waals surface area contributed by atoms with Crippen LogP contribution in [0.4, 0.5) is 0 Å². The van der Waals surface area contributed by atoms with Gasteiger partial charge in [0.05, 0.1) is 5.75 Å². The van der Waals surface area contributed by atoms with E-state index in [4.69, 9.17) is 0 Å². The van der Waals surface area contributed by atoms with Gasteiger partial charge < -0.3 is 9.88 Å². The lowest BCUT2D eigenvalue weighted by molar-refractivity contribution is -0.119. The normalized spacial score (nSPS) is 12.1. The van der Waals surface area contributed by atoms with Crippen molar-refractivity contribution in [1.82, 2.24) is 25.1 Å². The van der Waals surface area contributed by atoms with Gasteiger partial charge in [0, 0.05) is 25.2 Å². The molecule has 6 nitrogen and oxygen atoms in total. The average molecular weight is 434 g/mol. The van der Waals surface area contributed by atoms with Gasteiger partial charge in [0.15, 0.2) is 8.68 Å². The number of aryl methyl sites for hydroxylation is 1. The number of amides is 1. The molecule has 0 saturated carbocycles. The number of hydrogen-bond acceptors (Lipinski definition) is 7. The number of carbonyl (C=O) groups excluding carboxylic acids is 1. The van der Waals surface area contributed by atoms with Crippen molar-refractivity contribution in [2.75, 3.05) is 11.5 Å². The highest BCUT2D eigenvalue weighted by atomic mass is 32.2. The fourth-order valence-electron chi connectivity index (χ4n) is 2.55. The molecule has 0 saturated heterocycles. The lowest BCUT2D eigenvalue weighted by atomic mass is 10.1. The number of unbranched alkanes of at least 4 members (excludes halogenated alkanes) is 1. The molecular formula is C19H23N5OS3. The lowest BCUT2D eigenvalue weighted by Gasteiger charge is -2.19. The summed E-state index contributed by atoms with van der Waals surface area (Å²) in [6.45, 7) is 2.17. The van der Waals surface area contributed by atoms with Crippen LogP contribution in [0, 0.1) is 0 Å². The quantitative estimate of drug-likeness (QED) is 0.382. The predicted octanol–water partition coefficient (Wildman–Crippen LogP) is 4.16. The van der Waals surface area contributed by atoms with Gasteiger partial charge in [0.25, 0.3) is 0 Å². The first-order valence-electron chi connectivity index (χ1n) is 9.08. The Balaban J connectivity index is 1.59. The molecule has 3 rings (SSSR count). The van der Waals surface area contributed by atoms with Gasteiger partial charge in [0.1, 0.15) is 11.9 Å². The van der Waals surface area contributed by atoms with Crippen molar-refractivity contribution in [3.05, 3.63) is 54.1 Å². The third kappa shape index (κ3) is 5.83. The number of aromatic nitrogens is 4. The van der Waals surface area contributed by atoms with Crippen LogP contribution in [-0.4, -0.2) is 37.2 Å². The summed E-state index contributed by atoms with van der Waals surface area (Å²) >= 11 is 4.70. The Labute approximate surface area is 177 Å². The highest BCUT2D eigenvalue weighted by molar-refractivity contribution is 8.03. The molecule has 0 bridgehead atoms. The first-order chi connectivity index (χ1) is 13.7. The number of benzene rings is 1. The number of thioether (sulfide) groups is 2. The van der Waals surface area contributed by atoms with E-state index in [2.05, 4.69) is 27.4 Å². The van der Waals surface area contributed by atoms with Gasteiger partial charge in [-0.15, -0.1) is 10.2 Å². The van der Waals surface area contributed by atoms with Crippen LogP contribution in [-0.2, 0) is 11.8 Å². The molecule has 1 unspecified atom stereocenters. The predicted molar refractivity (Wildman–Crippen MR) is 116 cm³/mol. The molecule has 0 aliphatic heterocycles. The third-order valence-corrected chi connectivity index (χ3v) is 7.27. The van der Waals surface area contributed by atoms with Gasteiger partial charge >= 0.3 is 0 Å². The van der Waals surface area contributed by atoms with Crippen LogP contribution in [0.5, 0.6) is 0 Å². The van der Waals surface area contributed by atoms with E-state index in [1.807, 2.05) is 48.1 Å². The third-order valence-electron chi connectivity index (χ3n) is 3.99. The second-order valence-electron chi connectivity index (χ2n) is 6.13. The number of nitrogens with one attached hydrogen (secondary N) is 1. The van der Waals surface area contributed by atoms with Crippen LogP contribution in [0.15, 0.2) is 51.4 Å². The van der Waals surface area contributed by atoms with Crippen LogP contribution in [0.25, 0.3) is 0 Å². The van der Waals surface area contributed by atoms with Crippen molar-refractivity contribution in [3.8, 4) is 0 Å². The van der Waals surface area contributed by atoms with Crippen molar-refractivity contribution in [2.45, 2.75) is 34.5 Å². The fraction of sp³-hybridized carbons (Fsp3) is 0.368. The molecule has 2 aromatic heterocycles. The smallest absolute Gasteiger partial charge is 0.231 e. The van der Waals surface area contributed by atoms with E-state index in [1.165, 1.54) is 24.6 Å². The van der Waals surface area contributed by atoms with E-state index >= 15 is 0 Å². The molecule has 9 heteroatoms. The molecule has 1 N–H and O–H groups in total. The summed E-state index contributed by atoms with van der Waals surface area (Å²) in [6, 6.07) is 9.59. The van der Waals surface area contributed by atoms with Crippen molar-refractivity contribution in [1.29, 1.82) is 0 Å². The van der Waals surface area contributed by atoms with E-state index < -0.39 is 0 Å². The van der Waals surface area contributed by atoms with Crippen LogP contribution < -0.4 is 5.32 Å². The molecule has 0 radical (unpaired) electrons. The van der Waals surface area contributed by atoms with Crippen molar-refractivity contribution in [2.24, 2.45) is 7.05 Å². The second-order valence-corrected chi connectivity index (χ2v) is 9.67. The van der Waals surface area contributed by atoms with Gasteiger partial charge in [-0.3, -0.25) is 4.79 Å². The largest absolute Gasteiger partial charge is 0.341 e. The standard InChI is InChI=1S/C19H23N5OS3/c1-3-4-12-26-18-22-23-19(28-18)27-13-15(25)21-16(14-8-6-5-7-9-14)17-20-10-11-24(17)2/h5-11,16H,3-4,12-13H2,1-2H3,(H,21,25). The second kappa shape index (κ2) is 10.6. The molecule has 1 amide bonds. The molecule has 3 aromatic rings. The van der Waals surface area contributed by atoms with E-state index in [9.17, 15) is 4.79 Å². The Bertz CT molecular complexity index is 881. The van der Waals surface area contributed by atoms with Crippen molar-refractivity contribution >= 4 is 40.8 Å². The maximum Gasteiger partial charge on any atom is 0.231 e. The molecule has 2 heterocycles. The topological polar surface area (TPSA) is 72.7 Å². The van der Waals surface area contributed by atoms with Crippen LogP contribution in [0.2, 0.25) is 0 Å². The lowest BCUT2D eigenvalue weighted by Crippen LogP contribution is -2.32. The van der Waals surface area contributed by atoms with Crippen molar-refractivity contribution < 1.29 is 4.79 Å². The molecule has 0 aliphatic carbocycles. The summed E-state index contributed by atoms with van der Waals surface area (Å²) in [5, 5.41) is 11.5. The maximum absolute atomic E-state index is 12.6. The highest BCUT2D eigenvalue weighted by Crippen LogP contribution is 2.29. The van der Waals surface area contributed by atoms with Gasteiger partial charge in [-0.1, -0.05) is 78.5 Å². The van der Waals surface area contributed by atoms with Crippen LogP contribution in [0.1, 0.15) is 37.2 Å². The Morgan fingerprint density at radius 1 is 1.21 bits per heavy atom. The summed E-state index contributed by atoms with van der Waals surface area (Å²) in [5.74, 6) is 2.09. The molecule has 0 aliphatic rings. The molecular weight excluding hydrogens is 410 g/mol. The molecule has 28 heavy (non-hydrogen) atoms. The Kier molecular flexibility index (Phi) is 7.93. The Hall–Kier alpha value is -1.84. The summed E-state index contributed by atoms with van der Waals surface area (Å²) in [5.41, 5.74) is 1.00. The van der Waals surface area contributed by atoms with Crippen molar-refractivity contribution in [3.63, 3.8) is 0 Å². The number of carbonyl (C=O) groups is 1. The minimum atomic E-state index is -0.288. The average Bonchev–Trinajstić information content (AvgIpc) is 3.34. The molecule has 0 spiro atoms. The summed E-state index contributed by atoms with van der Waals surface area (Å²) < 4.78 is 3.71. The Morgan fingerprint density at radius 3 is 2.64 bits per heavy atom. The molecule has 1 atom stereocenters. The van der Waals surface area contributed by atoms with Gasteiger partial charge in [-0.2, -0.15) is 0 Å². The summed E-state index contributed by atoms with van der Waals surface area (Å²) in [4.78, 5) is 17.0. The minimum Gasteiger partial charge on any atom is -0.341 e. The van der Waals surface area contributed by atoms with E-state index in [0.29, 0.717) is 5.75 Å². The summed E-state index contributed by atoms with van der Waals surface area (Å²) in [7, 11) is 1.93. The first-order valence-corrected chi connectivity index (χ1v) is 11.9. The van der Waals surface area contributed by atoms with E-state index in [-0.39, 0.29) is 11.9 Å². The zero-order chi connectivity index (χ0) is 19.8. The number of rotatable bonds is 10. The van der Waals surface area contributed by atoms with Gasteiger partial charge in [0.2, 0.25) is 5.91 Å². The first kappa shape index (κ1) is 20.9. The highest BCUT2D eigenvalue weighted by Gasteiger charge is 2.21. The molecule has 0 fully saturated rings. The number of imidazole rings is 1. The molecule has 148 valence electrons. The maximum atomic E-state index is 12.6. The SMILES string of the molecule is CCCCSc1nnc(SCC(=O)NC(c2ccccc2)c2nccn2C)s1. The van der Waals surface area contributed by atoms with E-state index in [1.54, 1.807) is 29.3 Å². The zero-order valence-corrected chi connectivity index (χ0v) is 18.3. The Morgan fingerprint density at radius 2 is 1.96 bits per heavy atom. The number of nitrogens with zero attached hydrogens (tertiary/aromatic N) is 4. The summed E-state index contributed by atoms with van der Waals surface area (Å²) in [6.07, 6.45) is 5.96. The van der Waals surface area contributed by atoms with Gasteiger partial charge in [-0.05, 0) is 12.0 Å². The van der Waals surface area contributed by atoms with Crippen LogP contribution in [0.3, 0.4) is 0 Å². The monoisotopic (exact) mass is 433 g/mol. The van der Waals surface area contributed by atoms with Gasteiger partial charge in [-0.25, -0.2) is 4.98 Å². The molecule has 1 aromatic carbocycles. The van der Waals surface area contributed by atoms with Crippen LogP contribution >= 0.6 is 34.9 Å². The number of hydrogen-bond donors (Lipinski definition) is 1. The van der Waals surface area contributed by atoms with E-state index in [0.717, 1.165) is 25.8 Å². The minimum absolute atomic E-state index is 0.0581. The fourth-order valence-corrected chi connectivity index (χ4v) is 5.53. The zero-order valence-electron chi connectivity index (χ0n) is 15.9.